The molecular weight excluding hydrogens is 140 g/mol. The maximum Gasteiger partial charge on any atom is 0.244 e. The van der Waals surface area contributed by atoms with Crippen LogP contribution in [0.3, 0.4) is 0 Å². The number of amides is 1. The van der Waals surface area contributed by atoms with Crippen molar-refractivity contribution in [3.05, 3.63) is 29.6 Å². The van der Waals surface area contributed by atoms with Gasteiger partial charge in [0, 0.05) is 17.5 Å². The zero-order valence-electron chi connectivity index (χ0n) is 6.29. The lowest BCUT2D eigenvalue weighted by molar-refractivity contribution is -0.114. The summed E-state index contributed by atoms with van der Waals surface area (Å²) in [6.45, 7) is 1.68. The number of carbonyl (C=O) groups is 1. The first-order valence-electron chi connectivity index (χ1n) is 3.31. The normalized spacial score (nSPS) is 11.5. The molecule has 0 aliphatic heterocycles. The molecule has 1 heterocycles. The van der Waals surface area contributed by atoms with E-state index < -0.39 is 0 Å². The van der Waals surface area contributed by atoms with E-state index in [0.717, 1.165) is 5.69 Å². The summed E-state index contributed by atoms with van der Waals surface area (Å²) < 4.78 is 0. The van der Waals surface area contributed by atoms with Gasteiger partial charge in [-0.1, -0.05) is 0 Å². The minimum atomic E-state index is -0.389. The van der Waals surface area contributed by atoms with Crippen molar-refractivity contribution in [2.24, 2.45) is 5.73 Å². The Bertz CT molecular complexity index is 272. The van der Waals surface area contributed by atoms with Crippen LogP contribution in [0.5, 0.6) is 0 Å². The molecule has 1 aromatic heterocycles. The van der Waals surface area contributed by atoms with Gasteiger partial charge in [-0.25, -0.2) is 0 Å². The van der Waals surface area contributed by atoms with Gasteiger partial charge >= 0.3 is 0 Å². The van der Waals surface area contributed by atoms with Crippen molar-refractivity contribution >= 4 is 12.0 Å². The number of aromatic amines is 1. The standard InChI is InChI=1S/C8H10N2O/c1-6(8(9)11)5-7-3-2-4-10-7/h2-5,10H,1H3,(H2,9,11). The highest BCUT2D eigenvalue weighted by molar-refractivity contribution is 5.95. The summed E-state index contributed by atoms with van der Waals surface area (Å²) in [5.74, 6) is -0.389. The highest BCUT2D eigenvalue weighted by Gasteiger charge is 1.96. The van der Waals surface area contributed by atoms with Crippen LogP contribution in [-0.4, -0.2) is 10.9 Å². The van der Waals surface area contributed by atoms with Gasteiger partial charge < -0.3 is 10.7 Å². The van der Waals surface area contributed by atoms with Gasteiger partial charge in [-0.2, -0.15) is 0 Å². The van der Waals surface area contributed by atoms with Crippen LogP contribution >= 0.6 is 0 Å². The molecule has 1 rings (SSSR count). The van der Waals surface area contributed by atoms with E-state index in [4.69, 9.17) is 5.73 Å². The van der Waals surface area contributed by atoms with E-state index in [9.17, 15) is 4.79 Å². The van der Waals surface area contributed by atoms with Gasteiger partial charge in [0.15, 0.2) is 0 Å². The van der Waals surface area contributed by atoms with Crippen molar-refractivity contribution in [3.63, 3.8) is 0 Å². The SMILES string of the molecule is CC(=Cc1ccc[nH]1)C(N)=O. The molecule has 0 saturated heterocycles. The summed E-state index contributed by atoms with van der Waals surface area (Å²) in [5.41, 5.74) is 6.47. The molecular formula is C8H10N2O. The van der Waals surface area contributed by atoms with Crippen LogP contribution in [0.1, 0.15) is 12.6 Å². The molecule has 3 nitrogen and oxygen atoms in total. The van der Waals surface area contributed by atoms with Crippen LogP contribution in [0.2, 0.25) is 0 Å². The molecule has 11 heavy (non-hydrogen) atoms. The van der Waals surface area contributed by atoms with Crippen LogP contribution in [0.4, 0.5) is 0 Å². The lowest BCUT2D eigenvalue weighted by atomic mass is 10.2. The number of aromatic nitrogens is 1. The van der Waals surface area contributed by atoms with Gasteiger partial charge in [-0.15, -0.1) is 0 Å². The Balaban J connectivity index is 2.82. The third kappa shape index (κ3) is 1.97. The predicted molar refractivity (Wildman–Crippen MR) is 43.6 cm³/mol. The van der Waals surface area contributed by atoms with Crippen molar-refractivity contribution in [1.29, 1.82) is 0 Å². The largest absolute Gasteiger partial charge is 0.366 e. The van der Waals surface area contributed by atoms with Crippen LogP contribution < -0.4 is 5.73 Å². The molecule has 1 amide bonds. The maximum absolute atomic E-state index is 10.6. The zero-order chi connectivity index (χ0) is 8.27. The molecule has 0 aliphatic rings. The second kappa shape index (κ2) is 3.05. The molecule has 0 unspecified atom stereocenters. The second-order valence-electron chi connectivity index (χ2n) is 2.32. The van der Waals surface area contributed by atoms with Gasteiger partial charge in [0.1, 0.15) is 0 Å². The first-order chi connectivity index (χ1) is 5.20. The molecule has 0 spiro atoms. The number of carbonyl (C=O) groups excluding carboxylic acids is 1. The Hall–Kier alpha value is -1.51. The average Bonchev–Trinajstić information content (AvgIpc) is 2.39. The number of nitrogens with one attached hydrogen (secondary N) is 1. The quantitative estimate of drug-likeness (QED) is 0.604. The second-order valence-corrected chi connectivity index (χ2v) is 2.32. The van der Waals surface area contributed by atoms with Crippen molar-refractivity contribution in [2.75, 3.05) is 0 Å². The maximum atomic E-state index is 10.6. The van der Waals surface area contributed by atoms with E-state index in [1.54, 1.807) is 19.2 Å². The fourth-order valence-corrected chi connectivity index (χ4v) is 0.738. The molecule has 58 valence electrons. The smallest absolute Gasteiger partial charge is 0.244 e. The monoisotopic (exact) mass is 150 g/mol. The molecule has 0 fully saturated rings. The van der Waals surface area contributed by atoms with E-state index in [-0.39, 0.29) is 5.91 Å². The molecule has 0 aromatic carbocycles. The molecule has 0 saturated carbocycles. The van der Waals surface area contributed by atoms with Crippen molar-refractivity contribution < 1.29 is 4.79 Å². The number of nitrogens with two attached hydrogens (primary N) is 1. The lowest BCUT2D eigenvalue weighted by Gasteiger charge is -1.91. The summed E-state index contributed by atoms with van der Waals surface area (Å²) in [6.07, 6.45) is 3.50. The van der Waals surface area contributed by atoms with Crippen molar-refractivity contribution in [1.82, 2.24) is 4.98 Å². The summed E-state index contributed by atoms with van der Waals surface area (Å²) in [5, 5.41) is 0. The third-order valence-corrected chi connectivity index (χ3v) is 1.38. The number of hydrogen-bond donors (Lipinski definition) is 2. The fraction of sp³-hybridized carbons (Fsp3) is 0.125. The number of primary amides is 1. The molecule has 0 atom stereocenters. The number of H-pyrrole nitrogens is 1. The van der Waals surface area contributed by atoms with Gasteiger partial charge in [-0.3, -0.25) is 4.79 Å². The Labute approximate surface area is 64.9 Å². The summed E-state index contributed by atoms with van der Waals surface area (Å²) in [6, 6.07) is 3.73. The summed E-state index contributed by atoms with van der Waals surface area (Å²) >= 11 is 0. The van der Waals surface area contributed by atoms with E-state index in [1.807, 2.05) is 12.1 Å². The van der Waals surface area contributed by atoms with Gasteiger partial charge in [0.2, 0.25) is 5.91 Å². The minimum absolute atomic E-state index is 0.389. The average molecular weight is 150 g/mol. The predicted octanol–water partition coefficient (Wildman–Crippen LogP) is 0.903. The molecule has 0 aliphatic carbocycles. The Kier molecular flexibility index (Phi) is 2.11. The lowest BCUT2D eigenvalue weighted by Crippen LogP contribution is -2.11. The van der Waals surface area contributed by atoms with Gasteiger partial charge in [-0.05, 0) is 25.1 Å². The van der Waals surface area contributed by atoms with Crippen LogP contribution in [0.15, 0.2) is 23.9 Å². The Morgan fingerprint density at radius 3 is 2.91 bits per heavy atom. The molecule has 1 aromatic rings. The van der Waals surface area contributed by atoms with Crippen molar-refractivity contribution in [3.8, 4) is 0 Å². The molecule has 3 N–H and O–H groups in total. The van der Waals surface area contributed by atoms with Crippen molar-refractivity contribution in [2.45, 2.75) is 6.92 Å². The third-order valence-electron chi connectivity index (χ3n) is 1.38. The highest BCUT2D eigenvalue weighted by Crippen LogP contribution is 2.02. The molecule has 3 heteroatoms. The fourth-order valence-electron chi connectivity index (χ4n) is 0.738. The van der Waals surface area contributed by atoms with E-state index in [0.29, 0.717) is 5.57 Å². The Morgan fingerprint density at radius 2 is 2.45 bits per heavy atom. The number of hydrogen-bond acceptors (Lipinski definition) is 1. The summed E-state index contributed by atoms with van der Waals surface area (Å²) in [7, 11) is 0. The highest BCUT2D eigenvalue weighted by atomic mass is 16.1. The molecule has 0 radical (unpaired) electrons. The first-order valence-corrected chi connectivity index (χ1v) is 3.31. The van der Waals surface area contributed by atoms with E-state index in [1.165, 1.54) is 0 Å². The summed E-state index contributed by atoms with van der Waals surface area (Å²) in [4.78, 5) is 13.5. The van der Waals surface area contributed by atoms with E-state index >= 15 is 0 Å². The first kappa shape index (κ1) is 7.60. The Morgan fingerprint density at radius 1 is 1.73 bits per heavy atom. The van der Waals surface area contributed by atoms with Crippen LogP contribution in [0.25, 0.3) is 6.08 Å². The number of rotatable bonds is 2. The molecule has 0 bridgehead atoms. The van der Waals surface area contributed by atoms with Gasteiger partial charge in [0.05, 0.1) is 0 Å². The van der Waals surface area contributed by atoms with Gasteiger partial charge in [0.25, 0.3) is 0 Å². The topological polar surface area (TPSA) is 58.9 Å². The minimum Gasteiger partial charge on any atom is -0.366 e. The zero-order valence-corrected chi connectivity index (χ0v) is 6.29. The van der Waals surface area contributed by atoms with E-state index in [2.05, 4.69) is 4.98 Å². The van der Waals surface area contributed by atoms with Crippen LogP contribution in [0, 0.1) is 0 Å². The van der Waals surface area contributed by atoms with Crippen LogP contribution in [-0.2, 0) is 4.79 Å².